The summed E-state index contributed by atoms with van der Waals surface area (Å²) in [4.78, 5) is 22.4. The molecule has 0 spiro atoms. The Balaban J connectivity index is 3.29. The third-order valence-corrected chi connectivity index (χ3v) is 2.87. The molecule has 2 nitrogen and oxygen atoms in total. The molecule has 0 atom stereocenters. The molecule has 0 heterocycles. The number of hydrogen-bond acceptors (Lipinski definition) is 2. The first-order chi connectivity index (χ1) is 7.43. The first-order valence-corrected chi connectivity index (χ1v) is 5.36. The lowest BCUT2D eigenvalue weighted by Crippen LogP contribution is -2.05. The molecular weight excluding hydrogens is 247 g/mol. The van der Waals surface area contributed by atoms with Crippen molar-refractivity contribution in [1.82, 2.24) is 0 Å². The summed E-state index contributed by atoms with van der Waals surface area (Å²) in [6.07, 6.45) is 1.46. The standard InChI is InChI=1S/C12H10Cl2O2/c1-7(15)10(8(2)16)6-9-4-3-5-11(13)12(9)14/h3-6H,1-2H3. The quantitative estimate of drug-likeness (QED) is 0.471. The molecule has 1 rings (SSSR count). The Kier molecular flexibility index (Phi) is 4.27. The summed E-state index contributed by atoms with van der Waals surface area (Å²) in [5.74, 6) is -0.577. The van der Waals surface area contributed by atoms with Crippen LogP contribution in [0.1, 0.15) is 19.4 Å². The van der Waals surface area contributed by atoms with Crippen LogP contribution in [0.2, 0.25) is 10.0 Å². The fraction of sp³-hybridized carbons (Fsp3) is 0.167. The minimum absolute atomic E-state index is 0.115. The molecule has 0 aliphatic heterocycles. The van der Waals surface area contributed by atoms with Gasteiger partial charge in [0.2, 0.25) is 0 Å². The Labute approximate surface area is 104 Å². The van der Waals surface area contributed by atoms with Gasteiger partial charge in [0.05, 0.1) is 15.6 Å². The van der Waals surface area contributed by atoms with Crippen LogP contribution in [-0.4, -0.2) is 11.6 Å². The van der Waals surface area contributed by atoms with E-state index in [1.165, 1.54) is 19.9 Å². The van der Waals surface area contributed by atoms with Gasteiger partial charge in [-0.05, 0) is 31.6 Å². The van der Waals surface area contributed by atoms with Crippen LogP contribution in [0, 0.1) is 0 Å². The molecule has 1 aromatic carbocycles. The Morgan fingerprint density at radius 3 is 2.19 bits per heavy atom. The number of allylic oxidation sites excluding steroid dienone is 1. The van der Waals surface area contributed by atoms with Gasteiger partial charge in [0, 0.05) is 0 Å². The molecule has 0 aliphatic rings. The van der Waals surface area contributed by atoms with Crippen molar-refractivity contribution in [3.63, 3.8) is 0 Å². The van der Waals surface area contributed by atoms with Crippen LogP contribution in [0.4, 0.5) is 0 Å². The zero-order valence-electron chi connectivity index (χ0n) is 8.88. The molecule has 1 aromatic rings. The summed E-state index contributed by atoms with van der Waals surface area (Å²) >= 11 is 11.8. The van der Waals surface area contributed by atoms with Crippen LogP contribution in [0.15, 0.2) is 23.8 Å². The predicted molar refractivity (Wildman–Crippen MR) is 65.8 cm³/mol. The van der Waals surface area contributed by atoms with E-state index in [9.17, 15) is 9.59 Å². The number of hydrogen-bond donors (Lipinski definition) is 0. The van der Waals surface area contributed by atoms with Gasteiger partial charge < -0.3 is 0 Å². The molecule has 0 amide bonds. The van der Waals surface area contributed by atoms with E-state index in [1.807, 2.05) is 0 Å². The minimum atomic E-state index is -0.288. The van der Waals surface area contributed by atoms with Crippen molar-refractivity contribution in [3.8, 4) is 0 Å². The lowest BCUT2D eigenvalue weighted by atomic mass is 10.0. The zero-order valence-corrected chi connectivity index (χ0v) is 10.4. The van der Waals surface area contributed by atoms with Crippen molar-refractivity contribution in [2.45, 2.75) is 13.8 Å². The number of Topliss-reactive ketones (excluding diaryl/α,β-unsaturated/α-hetero) is 2. The second kappa shape index (κ2) is 5.28. The number of carbonyl (C=O) groups excluding carboxylic acids is 2. The molecule has 0 unspecified atom stereocenters. The maximum absolute atomic E-state index is 11.2. The Bertz CT molecular complexity index is 460. The molecule has 84 valence electrons. The minimum Gasteiger partial charge on any atom is -0.294 e. The molecule has 0 fully saturated rings. The first-order valence-electron chi connectivity index (χ1n) is 4.61. The summed E-state index contributed by atoms with van der Waals surface area (Å²) in [6.45, 7) is 2.68. The van der Waals surface area contributed by atoms with Gasteiger partial charge in [0.15, 0.2) is 11.6 Å². The van der Waals surface area contributed by atoms with Crippen molar-refractivity contribution in [1.29, 1.82) is 0 Å². The lowest BCUT2D eigenvalue weighted by Gasteiger charge is -2.02. The van der Waals surface area contributed by atoms with E-state index in [4.69, 9.17) is 23.2 Å². The van der Waals surface area contributed by atoms with Gasteiger partial charge >= 0.3 is 0 Å². The number of rotatable bonds is 3. The second-order valence-corrected chi connectivity index (χ2v) is 4.10. The molecule has 0 N–H and O–H groups in total. The molecule has 0 aliphatic carbocycles. The van der Waals surface area contributed by atoms with E-state index in [1.54, 1.807) is 18.2 Å². The van der Waals surface area contributed by atoms with E-state index in [2.05, 4.69) is 0 Å². The Morgan fingerprint density at radius 2 is 1.69 bits per heavy atom. The van der Waals surface area contributed by atoms with Crippen LogP contribution in [-0.2, 0) is 9.59 Å². The molecule has 4 heteroatoms. The second-order valence-electron chi connectivity index (χ2n) is 3.31. The highest BCUT2D eigenvalue weighted by atomic mass is 35.5. The van der Waals surface area contributed by atoms with Gasteiger partial charge in [-0.15, -0.1) is 0 Å². The highest BCUT2D eigenvalue weighted by Gasteiger charge is 2.11. The average Bonchev–Trinajstić information content (AvgIpc) is 2.19. The fourth-order valence-electron chi connectivity index (χ4n) is 1.24. The summed E-state index contributed by atoms with van der Waals surface area (Å²) < 4.78 is 0. The lowest BCUT2D eigenvalue weighted by molar-refractivity contribution is -0.119. The number of ketones is 2. The van der Waals surface area contributed by atoms with E-state index >= 15 is 0 Å². The first kappa shape index (κ1) is 12.9. The predicted octanol–water partition coefficient (Wildman–Crippen LogP) is 3.55. The van der Waals surface area contributed by atoms with Crippen molar-refractivity contribution in [2.75, 3.05) is 0 Å². The smallest absolute Gasteiger partial charge is 0.163 e. The van der Waals surface area contributed by atoms with E-state index in [-0.39, 0.29) is 17.1 Å². The van der Waals surface area contributed by atoms with Crippen LogP contribution in [0.3, 0.4) is 0 Å². The van der Waals surface area contributed by atoms with Gasteiger partial charge in [-0.2, -0.15) is 0 Å². The van der Waals surface area contributed by atoms with Crippen molar-refractivity contribution >= 4 is 40.8 Å². The van der Waals surface area contributed by atoms with E-state index < -0.39 is 0 Å². The molecule has 0 radical (unpaired) electrons. The highest BCUT2D eigenvalue weighted by Crippen LogP contribution is 2.27. The maximum atomic E-state index is 11.2. The topological polar surface area (TPSA) is 34.1 Å². The summed E-state index contributed by atoms with van der Waals surface area (Å²) in [7, 11) is 0. The number of carbonyl (C=O) groups is 2. The summed E-state index contributed by atoms with van der Waals surface area (Å²) in [6, 6.07) is 5.04. The summed E-state index contributed by atoms with van der Waals surface area (Å²) in [5.41, 5.74) is 0.679. The monoisotopic (exact) mass is 256 g/mol. The van der Waals surface area contributed by atoms with Gasteiger partial charge in [-0.3, -0.25) is 9.59 Å². The Morgan fingerprint density at radius 1 is 1.12 bits per heavy atom. The molecule has 0 aromatic heterocycles. The van der Waals surface area contributed by atoms with Crippen LogP contribution in [0.5, 0.6) is 0 Å². The molecule has 0 saturated heterocycles. The molecule has 0 bridgehead atoms. The highest BCUT2D eigenvalue weighted by molar-refractivity contribution is 6.43. The Hall–Kier alpha value is -1.12. The largest absolute Gasteiger partial charge is 0.294 e. The third kappa shape index (κ3) is 2.94. The van der Waals surface area contributed by atoms with Gasteiger partial charge in [-0.1, -0.05) is 35.3 Å². The van der Waals surface area contributed by atoms with Crippen LogP contribution < -0.4 is 0 Å². The van der Waals surface area contributed by atoms with E-state index in [0.717, 1.165) is 0 Å². The third-order valence-electron chi connectivity index (χ3n) is 2.04. The zero-order chi connectivity index (χ0) is 12.3. The van der Waals surface area contributed by atoms with Crippen molar-refractivity contribution in [3.05, 3.63) is 39.4 Å². The maximum Gasteiger partial charge on any atom is 0.163 e. The van der Waals surface area contributed by atoms with E-state index in [0.29, 0.717) is 15.6 Å². The molecular formula is C12H10Cl2O2. The van der Waals surface area contributed by atoms with Crippen LogP contribution in [0.25, 0.3) is 6.08 Å². The van der Waals surface area contributed by atoms with Crippen LogP contribution >= 0.6 is 23.2 Å². The van der Waals surface area contributed by atoms with Gasteiger partial charge in [0.1, 0.15) is 0 Å². The van der Waals surface area contributed by atoms with Gasteiger partial charge in [0.25, 0.3) is 0 Å². The average molecular weight is 257 g/mol. The normalized spacial score (nSPS) is 9.75. The fourth-order valence-corrected chi connectivity index (χ4v) is 1.60. The van der Waals surface area contributed by atoms with Crippen molar-refractivity contribution < 1.29 is 9.59 Å². The summed E-state index contributed by atoms with van der Waals surface area (Å²) in [5, 5.41) is 0.728. The number of halogens is 2. The SMILES string of the molecule is CC(=O)C(=Cc1cccc(Cl)c1Cl)C(C)=O. The van der Waals surface area contributed by atoms with Crippen molar-refractivity contribution in [2.24, 2.45) is 0 Å². The van der Waals surface area contributed by atoms with Gasteiger partial charge in [-0.25, -0.2) is 0 Å². The number of benzene rings is 1. The molecule has 0 saturated carbocycles. The molecule has 16 heavy (non-hydrogen) atoms.